The van der Waals surface area contributed by atoms with E-state index in [9.17, 15) is 5.11 Å². The fourth-order valence-corrected chi connectivity index (χ4v) is 4.39. The van der Waals surface area contributed by atoms with E-state index in [0.717, 1.165) is 47.6 Å². The highest BCUT2D eigenvalue weighted by Crippen LogP contribution is 2.40. The first-order valence-electron chi connectivity index (χ1n) is 11.2. The number of aromatic amines is 1. The summed E-state index contributed by atoms with van der Waals surface area (Å²) in [6.07, 6.45) is 0.906. The first-order chi connectivity index (χ1) is 15.4. The lowest BCUT2D eigenvalue weighted by Crippen LogP contribution is -2.26. The number of aromatic nitrogens is 2. The Kier molecular flexibility index (Phi) is 5.10. The molecule has 0 fully saturated rings. The summed E-state index contributed by atoms with van der Waals surface area (Å²) < 4.78 is 0. The summed E-state index contributed by atoms with van der Waals surface area (Å²) in [7, 11) is 0. The third-order valence-electron chi connectivity index (χ3n) is 6.02. The monoisotopic (exact) mass is 423 g/mol. The Morgan fingerprint density at radius 3 is 2.25 bits per heavy atom. The van der Waals surface area contributed by atoms with Gasteiger partial charge in [0, 0.05) is 36.2 Å². The normalized spacial score (nSPS) is 12.6. The number of hydrogen-bond donors (Lipinski definition) is 3. The molecule has 0 bridgehead atoms. The molecule has 1 heterocycles. The van der Waals surface area contributed by atoms with Crippen LogP contribution in [0, 0.1) is 5.41 Å². The lowest BCUT2D eigenvalue weighted by molar-refractivity contribution is 0.379. The number of nitrogens with zero attached hydrogens (tertiary/aromatic N) is 1. The number of benzene rings is 3. The van der Waals surface area contributed by atoms with Gasteiger partial charge in [-0.05, 0) is 39.8 Å². The molecule has 0 aliphatic heterocycles. The van der Waals surface area contributed by atoms with Gasteiger partial charge >= 0.3 is 0 Å². The standard InChI is InChI=1S/C28H29N3O/c1-28(2,3)17-29-16-18-4-13-24-22(14-18)15-25-26(30-31-27(24)25)21-7-5-19(6-8-21)20-9-11-23(32)12-10-20/h4-14,29,32H,15-17H2,1-3H3,(H,30,31). The molecular weight excluding hydrogens is 394 g/mol. The van der Waals surface area contributed by atoms with Crippen LogP contribution in [0.25, 0.3) is 33.6 Å². The minimum atomic E-state index is 0.283. The SMILES string of the molecule is CC(C)(C)CNCc1ccc2c(c1)Cc1c(-c3ccc(-c4ccc(O)cc4)cc3)n[nH]c1-2. The zero-order valence-electron chi connectivity index (χ0n) is 18.9. The minimum Gasteiger partial charge on any atom is -0.508 e. The van der Waals surface area contributed by atoms with Gasteiger partial charge in [0.05, 0.1) is 11.4 Å². The van der Waals surface area contributed by atoms with Crippen LogP contribution in [0.15, 0.2) is 66.7 Å². The fourth-order valence-electron chi connectivity index (χ4n) is 4.39. The lowest BCUT2D eigenvalue weighted by Gasteiger charge is -2.19. The maximum Gasteiger partial charge on any atom is 0.115 e. The number of aromatic hydroxyl groups is 1. The average molecular weight is 424 g/mol. The molecule has 162 valence electrons. The molecule has 3 aromatic carbocycles. The van der Waals surface area contributed by atoms with E-state index in [-0.39, 0.29) is 11.2 Å². The van der Waals surface area contributed by atoms with Crippen LogP contribution in [0.3, 0.4) is 0 Å². The number of phenolic OH excluding ortho intramolecular Hbond substituents is 1. The molecule has 0 atom stereocenters. The van der Waals surface area contributed by atoms with E-state index in [1.54, 1.807) is 12.1 Å². The lowest BCUT2D eigenvalue weighted by atomic mass is 9.97. The second-order valence-corrected chi connectivity index (χ2v) is 9.88. The van der Waals surface area contributed by atoms with Crippen molar-refractivity contribution in [3.05, 3.63) is 83.4 Å². The molecule has 3 N–H and O–H groups in total. The van der Waals surface area contributed by atoms with Gasteiger partial charge < -0.3 is 10.4 Å². The molecule has 1 aliphatic rings. The Hall–Kier alpha value is -3.37. The summed E-state index contributed by atoms with van der Waals surface area (Å²) in [5.74, 6) is 0.283. The molecule has 1 aliphatic carbocycles. The highest BCUT2D eigenvalue weighted by Gasteiger charge is 2.25. The first-order valence-corrected chi connectivity index (χ1v) is 11.2. The van der Waals surface area contributed by atoms with Crippen molar-refractivity contribution in [1.82, 2.24) is 15.5 Å². The summed E-state index contributed by atoms with van der Waals surface area (Å²) in [6.45, 7) is 8.64. The van der Waals surface area contributed by atoms with Crippen LogP contribution in [0.5, 0.6) is 5.75 Å². The van der Waals surface area contributed by atoms with Crippen LogP contribution in [-0.4, -0.2) is 21.8 Å². The van der Waals surface area contributed by atoms with E-state index in [1.165, 1.54) is 22.3 Å². The van der Waals surface area contributed by atoms with E-state index in [1.807, 2.05) is 12.1 Å². The van der Waals surface area contributed by atoms with E-state index < -0.39 is 0 Å². The van der Waals surface area contributed by atoms with Crippen molar-refractivity contribution < 1.29 is 5.11 Å². The summed E-state index contributed by atoms with van der Waals surface area (Å²) >= 11 is 0. The van der Waals surface area contributed by atoms with Crippen LogP contribution in [0.4, 0.5) is 0 Å². The molecular formula is C28H29N3O. The maximum absolute atomic E-state index is 9.51. The first kappa shape index (κ1) is 20.5. The minimum absolute atomic E-state index is 0.283. The maximum atomic E-state index is 9.51. The number of rotatable bonds is 5. The predicted molar refractivity (Wildman–Crippen MR) is 131 cm³/mol. The topological polar surface area (TPSA) is 60.9 Å². The van der Waals surface area contributed by atoms with Gasteiger partial charge in [-0.2, -0.15) is 5.10 Å². The summed E-state index contributed by atoms with van der Waals surface area (Å²) in [6, 6.07) is 22.6. The van der Waals surface area contributed by atoms with E-state index in [0.29, 0.717) is 0 Å². The molecule has 0 amide bonds. The van der Waals surface area contributed by atoms with Crippen molar-refractivity contribution in [3.8, 4) is 39.4 Å². The summed E-state index contributed by atoms with van der Waals surface area (Å²) in [4.78, 5) is 0. The van der Waals surface area contributed by atoms with Gasteiger partial charge in [-0.25, -0.2) is 0 Å². The zero-order valence-corrected chi connectivity index (χ0v) is 18.9. The molecule has 0 spiro atoms. The summed E-state index contributed by atoms with van der Waals surface area (Å²) in [5.41, 5.74) is 11.0. The van der Waals surface area contributed by atoms with Crippen molar-refractivity contribution in [1.29, 1.82) is 0 Å². The Labute approximate surface area is 189 Å². The van der Waals surface area contributed by atoms with E-state index in [2.05, 4.69) is 78.7 Å². The number of nitrogens with one attached hydrogen (secondary N) is 2. The summed E-state index contributed by atoms with van der Waals surface area (Å²) in [5, 5.41) is 21.0. The van der Waals surface area contributed by atoms with Crippen molar-refractivity contribution in [2.24, 2.45) is 5.41 Å². The van der Waals surface area contributed by atoms with E-state index >= 15 is 0 Å². The van der Waals surface area contributed by atoms with Gasteiger partial charge in [0.25, 0.3) is 0 Å². The van der Waals surface area contributed by atoms with Gasteiger partial charge in [0.15, 0.2) is 0 Å². The Bertz CT molecular complexity index is 1250. The molecule has 4 heteroatoms. The molecule has 4 nitrogen and oxygen atoms in total. The third-order valence-corrected chi connectivity index (χ3v) is 6.02. The predicted octanol–water partition coefficient (Wildman–Crippen LogP) is 6.16. The highest BCUT2D eigenvalue weighted by molar-refractivity contribution is 5.82. The quantitative estimate of drug-likeness (QED) is 0.317. The van der Waals surface area contributed by atoms with Crippen molar-refractivity contribution in [2.45, 2.75) is 33.7 Å². The molecule has 4 aromatic rings. The van der Waals surface area contributed by atoms with Gasteiger partial charge in [-0.15, -0.1) is 0 Å². The molecule has 5 rings (SSSR count). The molecule has 1 aromatic heterocycles. The number of phenols is 1. The number of hydrogen-bond acceptors (Lipinski definition) is 3. The average Bonchev–Trinajstić information content (AvgIpc) is 3.32. The van der Waals surface area contributed by atoms with Crippen molar-refractivity contribution in [2.75, 3.05) is 6.54 Å². The smallest absolute Gasteiger partial charge is 0.115 e. The van der Waals surface area contributed by atoms with Crippen LogP contribution in [0.1, 0.15) is 37.5 Å². The van der Waals surface area contributed by atoms with Gasteiger partial charge in [0.2, 0.25) is 0 Å². The van der Waals surface area contributed by atoms with E-state index in [4.69, 9.17) is 0 Å². The molecule has 32 heavy (non-hydrogen) atoms. The van der Waals surface area contributed by atoms with Crippen molar-refractivity contribution in [3.63, 3.8) is 0 Å². The Morgan fingerprint density at radius 1 is 0.906 bits per heavy atom. The van der Waals surface area contributed by atoms with Crippen LogP contribution >= 0.6 is 0 Å². The molecule has 0 unspecified atom stereocenters. The second-order valence-electron chi connectivity index (χ2n) is 9.88. The molecule has 0 radical (unpaired) electrons. The van der Waals surface area contributed by atoms with Gasteiger partial charge in [-0.1, -0.05) is 75.4 Å². The van der Waals surface area contributed by atoms with Gasteiger partial charge in [0.1, 0.15) is 5.75 Å². The largest absolute Gasteiger partial charge is 0.508 e. The Morgan fingerprint density at radius 2 is 1.56 bits per heavy atom. The van der Waals surface area contributed by atoms with Crippen LogP contribution < -0.4 is 5.32 Å². The number of H-pyrrole nitrogens is 1. The molecule has 0 saturated carbocycles. The zero-order chi connectivity index (χ0) is 22.3. The molecule has 0 saturated heterocycles. The van der Waals surface area contributed by atoms with Crippen LogP contribution in [0.2, 0.25) is 0 Å². The fraction of sp³-hybridized carbons (Fsp3) is 0.250. The third kappa shape index (κ3) is 4.06. The Balaban J connectivity index is 1.35. The second kappa shape index (κ2) is 7.95. The van der Waals surface area contributed by atoms with Crippen LogP contribution in [-0.2, 0) is 13.0 Å². The number of fused-ring (bicyclic) bond motifs is 3. The highest BCUT2D eigenvalue weighted by atomic mass is 16.3. The van der Waals surface area contributed by atoms with Crippen molar-refractivity contribution >= 4 is 0 Å². The van der Waals surface area contributed by atoms with Gasteiger partial charge in [-0.3, -0.25) is 5.10 Å².